The molecule has 1 heterocycles. The van der Waals surface area contributed by atoms with E-state index in [1.54, 1.807) is 0 Å². The predicted molar refractivity (Wildman–Crippen MR) is 72.9 cm³/mol. The Bertz CT molecular complexity index is 287. The maximum absolute atomic E-state index is 6.00. The van der Waals surface area contributed by atoms with E-state index in [0.29, 0.717) is 6.04 Å². The standard InChI is InChI=1S/C14H25N3/c1-3-4-14(15)8-12-17(2)11-7-13-5-9-16-10-6-13/h5-6,9-10,14H,3-4,7-8,11-12,15H2,1-2H3. The first-order valence-corrected chi connectivity index (χ1v) is 6.55. The summed E-state index contributed by atoms with van der Waals surface area (Å²) in [6.45, 7) is 4.36. The molecule has 0 aliphatic heterocycles. The van der Waals surface area contributed by atoms with E-state index in [1.807, 2.05) is 12.4 Å². The fraction of sp³-hybridized carbons (Fsp3) is 0.643. The zero-order valence-corrected chi connectivity index (χ0v) is 11.1. The first-order valence-electron chi connectivity index (χ1n) is 6.55. The van der Waals surface area contributed by atoms with E-state index in [4.69, 9.17) is 5.73 Å². The average Bonchev–Trinajstić information content (AvgIpc) is 2.35. The minimum Gasteiger partial charge on any atom is -0.328 e. The van der Waals surface area contributed by atoms with Gasteiger partial charge in [0.2, 0.25) is 0 Å². The van der Waals surface area contributed by atoms with Gasteiger partial charge in [0.15, 0.2) is 0 Å². The molecule has 96 valence electrons. The third-order valence-corrected chi connectivity index (χ3v) is 3.07. The van der Waals surface area contributed by atoms with Crippen molar-refractivity contribution in [1.82, 2.24) is 9.88 Å². The number of pyridine rings is 1. The van der Waals surface area contributed by atoms with Crippen molar-refractivity contribution in [3.05, 3.63) is 30.1 Å². The van der Waals surface area contributed by atoms with Crippen LogP contribution in [0, 0.1) is 0 Å². The quantitative estimate of drug-likeness (QED) is 0.750. The van der Waals surface area contributed by atoms with E-state index in [9.17, 15) is 0 Å². The Labute approximate surface area is 105 Å². The lowest BCUT2D eigenvalue weighted by Crippen LogP contribution is -2.29. The van der Waals surface area contributed by atoms with Gasteiger partial charge in [-0.2, -0.15) is 0 Å². The highest BCUT2D eigenvalue weighted by Crippen LogP contribution is 2.02. The predicted octanol–water partition coefficient (Wildman–Crippen LogP) is 2.07. The molecule has 1 atom stereocenters. The molecule has 2 N–H and O–H groups in total. The molecular weight excluding hydrogens is 210 g/mol. The molecule has 1 aromatic rings. The van der Waals surface area contributed by atoms with Crippen LogP contribution < -0.4 is 5.73 Å². The SMILES string of the molecule is CCCC(N)CCN(C)CCc1ccncc1. The second-order valence-corrected chi connectivity index (χ2v) is 4.75. The highest BCUT2D eigenvalue weighted by atomic mass is 15.1. The Morgan fingerprint density at radius 1 is 1.24 bits per heavy atom. The van der Waals surface area contributed by atoms with Crippen molar-refractivity contribution in [3.8, 4) is 0 Å². The number of aromatic nitrogens is 1. The normalized spacial score (nSPS) is 12.9. The van der Waals surface area contributed by atoms with Gasteiger partial charge in [-0.1, -0.05) is 13.3 Å². The fourth-order valence-electron chi connectivity index (χ4n) is 1.88. The third-order valence-electron chi connectivity index (χ3n) is 3.07. The summed E-state index contributed by atoms with van der Waals surface area (Å²) in [6.07, 6.45) is 8.21. The van der Waals surface area contributed by atoms with E-state index in [-0.39, 0.29) is 0 Å². The molecule has 3 heteroatoms. The van der Waals surface area contributed by atoms with Crippen LogP contribution in [0.4, 0.5) is 0 Å². The number of nitrogens with zero attached hydrogens (tertiary/aromatic N) is 2. The summed E-state index contributed by atoms with van der Waals surface area (Å²) in [4.78, 5) is 6.38. The molecule has 0 aliphatic rings. The molecule has 3 nitrogen and oxygen atoms in total. The Morgan fingerprint density at radius 3 is 2.59 bits per heavy atom. The van der Waals surface area contributed by atoms with Gasteiger partial charge in [-0.25, -0.2) is 0 Å². The van der Waals surface area contributed by atoms with Crippen LogP contribution >= 0.6 is 0 Å². The van der Waals surface area contributed by atoms with Crippen LogP contribution in [0.25, 0.3) is 0 Å². The van der Waals surface area contributed by atoms with Crippen LogP contribution in [0.1, 0.15) is 31.7 Å². The lowest BCUT2D eigenvalue weighted by molar-refractivity contribution is 0.318. The van der Waals surface area contributed by atoms with Gasteiger partial charge in [0.05, 0.1) is 0 Å². The van der Waals surface area contributed by atoms with Gasteiger partial charge in [-0.3, -0.25) is 4.98 Å². The second-order valence-electron chi connectivity index (χ2n) is 4.75. The molecule has 0 saturated carbocycles. The van der Waals surface area contributed by atoms with Gasteiger partial charge < -0.3 is 10.6 Å². The van der Waals surface area contributed by atoms with Crippen LogP contribution in [0.3, 0.4) is 0 Å². The number of hydrogen-bond donors (Lipinski definition) is 1. The fourth-order valence-corrected chi connectivity index (χ4v) is 1.88. The highest BCUT2D eigenvalue weighted by molar-refractivity contribution is 5.09. The van der Waals surface area contributed by atoms with E-state index in [0.717, 1.165) is 32.4 Å². The molecule has 0 amide bonds. The van der Waals surface area contributed by atoms with Crippen LogP contribution in [0.2, 0.25) is 0 Å². The Morgan fingerprint density at radius 2 is 1.94 bits per heavy atom. The van der Waals surface area contributed by atoms with Crippen LogP contribution in [-0.2, 0) is 6.42 Å². The Kier molecular flexibility index (Phi) is 6.82. The van der Waals surface area contributed by atoms with Crippen molar-refractivity contribution < 1.29 is 0 Å². The zero-order valence-electron chi connectivity index (χ0n) is 11.1. The van der Waals surface area contributed by atoms with Crippen molar-refractivity contribution in [1.29, 1.82) is 0 Å². The summed E-state index contributed by atoms with van der Waals surface area (Å²) in [5.74, 6) is 0. The van der Waals surface area contributed by atoms with Crippen LogP contribution in [0.5, 0.6) is 0 Å². The van der Waals surface area contributed by atoms with E-state index < -0.39 is 0 Å². The summed E-state index contributed by atoms with van der Waals surface area (Å²) < 4.78 is 0. The van der Waals surface area contributed by atoms with E-state index in [1.165, 1.54) is 12.0 Å². The van der Waals surface area contributed by atoms with Crippen molar-refractivity contribution in [2.75, 3.05) is 20.1 Å². The molecule has 0 fully saturated rings. The molecule has 1 rings (SSSR count). The summed E-state index contributed by atoms with van der Waals surface area (Å²) in [5.41, 5.74) is 7.36. The highest BCUT2D eigenvalue weighted by Gasteiger charge is 2.04. The molecule has 0 radical (unpaired) electrons. The van der Waals surface area contributed by atoms with Gasteiger partial charge in [-0.05, 0) is 50.6 Å². The summed E-state index contributed by atoms with van der Waals surface area (Å²) in [5, 5.41) is 0. The summed E-state index contributed by atoms with van der Waals surface area (Å²) >= 11 is 0. The Hall–Kier alpha value is -0.930. The van der Waals surface area contributed by atoms with E-state index in [2.05, 4.69) is 36.0 Å². The largest absolute Gasteiger partial charge is 0.328 e. The summed E-state index contributed by atoms with van der Waals surface area (Å²) in [7, 11) is 2.17. The van der Waals surface area contributed by atoms with Gasteiger partial charge >= 0.3 is 0 Å². The molecule has 0 aliphatic carbocycles. The van der Waals surface area contributed by atoms with Crippen molar-refractivity contribution in [3.63, 3.8) is 0 Å². The molecule has 17 heavy (non-hydrogen) atoms. The molecule has 0 bridgehead atoms. The number of rotatable bonds is 8. The molecule has 0 saturated heterocycles. The van der Waals surface area contributed by atoms with Gasteiger partial charge in [-0.15, -0.1) is 0 Å². The minimum atomic E-state index is 0.364. The monoisotopic (exact) mass is 235 g/mol. The molecule has 1 unspecified atom stereocenters. The van der Waals surface area contributed by atoms with Gasteiger partial charge in [0.25, 0.3) is 0 Å². The van der Waals surface area contributed by atoms with E-state index >= 15 is 0 Å². The first-order chi connectivity index (χ1) is 8.22. The number of likely N-dealkylation sites (N-methyl/N-ethyl adjacent to an activating group) is 1. The number of nitrogens with two attached hydrogens (primary N) is 1. The van der Waals surface area contributed by atoms with Gasteiger partial charge in [0, 0.05) is 25.0 Å². The molecule has 0 aromatic carbocycles. The number of hydrogen-bond acceptors (Lipinski definition) is 3. The topological polar surface area (TPSA) is 42.1 Å². The van der Waals surface area contributed by atoms with Crippen molar-refractivity contribution in [2.24, 2.45) is 5.73 Å². The van der Waals surface area contributed by atoms with Crippen LogP contribution in [-0.4, -0.2) is 36.1 Å². The maximum atomic E-state index is 6.00. The molecule has 0 spiro atoms. The van der Waals surface area contributed by atoms with Crippen LogP contribution in [0.15, 0.2) is 24.5 Å². The lowest BCUT2D eigenvalue weighted by atomic mass is 10.1. The molecule has 1 aromatic heterocycles. The zero-order chi connectivity index (χ0) is 12.5. The minimum absolute atomic E-state index is 0.364. The lowest BCUT2D eigenvalue weighted by Gasteiger charge is -2.19. The maximum Gasteiger partial charge on any atom is 0.0270 e. The second kappa shape index (κ2) is 8.20. The van der Waals surface area contributed by atoms with Crippen molar-refractivity contribution in [2.45, 2.75) is 38.6 Å². The third kappa shape index (κ3) is 6.39. The smallest absolute Gasteiger partial charge is 0.0270 e. The Balaban J connectivity index is 2.15. The molecular formula is C14H25N3. The van der Waals surface area contributed by atoms with Gasteiger partial charge in [0.1, 0.15) is 0 Å². The average molecular weight is 235 g/mol. The first kappa shape index (κ1) is 14.1. The van der Waals surface area contributed by atoms with Crippen molar-refractivity contribution >= 4 is 0 Å². The summed E-state index contributed by atoms with van der Waals surface area (Å²) in [6, 6.07) is 4.52.